The van der Waals surface area contributed by atoms with E-state index in [-0.39, 0.29) is 5.88 Å². The van der Waals surface area contributed by atoms with Gasteiger partial charge in [0.05, 0.1) is 12.0 Å². The first-order chi connectivity index (χ1) is 7.72. The van der Waals surface area contributed by atoms with Gasteiger partial charge in [0, 0.05) is 6.54 Å². The molecule has 1 heterocycles. The standard InChI is InChI=1S/C12H16ClNO2/c13-6-11(15)12(16)9-1-2-10-7-14-4-3-8(10)5-9/h1-2,5,11-12,14-16H,3-4,6-7H2. The molecule has 16 heavy (non-hydrogen) atoms. The first-order valence-electron chi connectivity index (χ1n) is 5.47. The van der Waals surface area contributed by atoms with Crippen molar-refractivity contribution >= 4 is 11.6 Å². The fraction of sp³-hybridized carbons (Fsp3) is 0.500. The highest BCUT2D eigenvalue weighted by Crippen LogP contribution is 2.22. The summed E-state index contributed by atoms with van der Waals surface area (Å²) in [6.45, 7) is 1.84. The minimum atomic E-state index is -0.901. The van der Waals surface area contributed by atoms with Crippen molar-refractivity contribution in [2.24, 2.45) is 0 Å². The van der Waals surface area contributed by atoms with E-state index in [1.165, 1.54) is 11.1 Å². The zero-order chi connectivity index (χ0) is 11.5. The van der Waals surface area contributed by atoms with Crippen molar-refractivity contribution in [2.75, 3.05) is 12.4 Å². The molecule has 2 atom stereocenters. The summed E-state index contributed by atoms with van der Waals surface area (Å²) in [5.41, 5.74) is 3.26. The van der Waals surface area contributed by atoms with Crippen LogP contribution in [-0.2, 0) is 13.0 Å². The average Bonchev–Trinajstić information content (AvgIpc) is 2.36. The van der Waals surface area contributed by atoms with Crippen molar-refractivity contribution in [1.29, 1.82) is 0 Å². The Labute approximate surface area is 100 Å². The number of hydrogen-bond acceptors (Lipinski definition) is 3. The van der Waals surface area contributed by atoms with Crippen molar-refractivity contribution in [3.8, 4) is 0 Å². The predicted octanol–water partition coefficient (Wildman–Crippen LogP) is 0.965. The number of aliphatic hydroxyl groups is 2. The van der Waals surface area contributed by atoms with Crippen molar-refractivity contribution in [1.82, 2.24) is 5.32 Å². The van der Waals surface area contributed by atoms with Gasteiger partial charge in [-0.3, -0.25) is 0 Å². The van der Waals surface area contributed by atoms with Crippen LogP contribution in [0.1, 0.15) is 22.8 Å². The molecule has 0 spiro atoms. The number of aliphatic hydroxyl groups excluding tert-OH is 2. The Bertz CT molecular complexity index is 370. The number of hydrogen-bond donors (Lipinski definition) is 3. The summed E-state index contributed by atoms with van der Waals surface area (Å²) in [6.07, 6.45) is -0.827. The number of halogens is 1. The molecule has 1 aliphatic rings. The molecule has 1 aromatic rings. The second kappa shape index (κ2) is 5.15. The van der Waals surface area contributed by atoms with Gasteiger partial charge in [-0.15, -0.1) is 11.6 Å². The van der Waals surface area contributed by atoms with Crippen molar-refractivity contribution < 1.29 is 10.2 Å². The lowest BCUT2D eigenvalue weighted by molar-refractivity contribution is 0.0326. The molecular weight excluding hydrogens is 226 g/mol. The molecular formula is C12H16ClNO2. The van der Waals surface area contributed by atoms with Crippen LogP contribution in [0.2, 0.25) is 0 Å². The van der Waals surface area contributed by atoms with Crippen LogP contribution in [0.4, 0.5) is 0 Å². The number of rotatable bonds is 3. The number of benzene rings is 1. The fourth-order valence-corrected chi connectivity index (χ4v) is 2.16. The zero-order valence-corrected chi connectivity index (χ0v) is 9.74. The van der Waals surface area contributed by atoms with E-state index in [9.17, 15) is 10.2 Å². The number of nitrogens with one attached hydrogen (secondary N) is 1. The molecule has 0 saturated carbocycles. The lowest BCUT2D eigenvalue weighted by Gasteiger charge is -2.21. The molecule has 2 unspecified atom stereocenters. The van der Waals surface area contributed by atoms with Crippen molar-refractivity contribution in [3.05, 3.63) is 34.9 Å². The molecule has 4 heteroatoms. The van der Waals surface area contributed by atoms with E-state index < -0.39 is 12.2 Å². The second-order valence-corrected chi connectivity index (χ2v) is 4.43. The van der Waals surface area contributed by atoms with Crippen LogP contribution in [0, 0.1) is 0 Å². The molecule has 1 aromatic carbocycles. The molecule has 0 aliphatic carbocycles. The van der Waals surface area contributed by atoms with Gasteiger partial charge in [-0.1, -0.05) is 18.2 Å². The Morgan fingerprint density at radius 3 is 2.88 bits per heavy atom. The SMILES string of the molecule is OC(CCl)C(O)c1ccc2c(c1)CCNC2. The summed E-state index contributed by atoms with van der Waals surface area (Å²) in [5, 5.41) is 22.6. The lowest BCUT2D eigenvalue weighted by Crippen LogP contribution is -2.25. The Morgan fingerprint density at radius 1 is 1.31 bits per heavy atom. The van der Waals surface area contributed by atoms with Gasteiger partial charge >= 0.3 is 0 Å². The van der Waals surface area contributed by atoms with E-state index in [1.54, 1.807) is 0 Å². The van der Waals surface area contributed by atoms with Gasteiger partial charge in [-0.05, 0) is 29.7 Å². The molecule has 0 aromatic heterocycles. The minimum Gasteiger partial charge on any atom is -0.389 e. The topological polar surface area (TPSA) is 52.5 Å². The molecule has 2 rings (SSSR count). The van der Waals surface area contributed by atoms with E-state index >= 15 is 0 Å². The third-order valence-electron chi connectivity index (χ3n) is 2.98. The van der Waals surface area contributed by atoms with Gasteiger partial charge in [0.25, 0.3) is 0 Å². The van der Waals surface area contributed by atoms with E-state index in [1.807, 2.05) is 18.2 Å². The quantitative estimate of drug-likeness (QED) is 0.692. The molecule has 88 valence electrons. The van der Waals surface area contributed by atoms with Crippen molar-refractivity contribution in [2.45, 2.75) is 25.2 Å². The van der Waals surface area contributed by atoms with Gasteiger partial charge in [0.2, 0.25) is 0 Å². The maximum atomic E-state index is 9.84. The Hall–Kier alpha value is -0.610. The van der Waals surface area contributed by atoms with E-state index in [4.69, 9.17) is 11.6 Å². The van der Waals surface area contributed by atoms with Crippen LogP contribution in [-0.4, -0.2) is 28.7 Å². The monoisotopic (exact) mass is 241 g/mol. The summed E-state index contributed by atoms with van der Waals surface area (Å²) in [7, 11) is 0. The maximum absolute atomic E-state index is 9.84. The second-order valence-electron chi connectivity index (χ2n) is 4.12. The van der Waals surface area contributed by atoms with Crippen LogP contribution >= 0.6 is 11.6 Å². The smallest absolute Gasteiger partial charge is 0.106 e. The summed E-state index contributed by atoms with van der Waals surface area (Å²) in [6, 6.07) is 5.82. The van der Waals surface area contributed by atoms with Crippen LogP contribution in [0.15, 0.2) is 18.2 Å². The first-order valence-corrected chi connectivity index (χ1v) is 6.00. The summed E-state index contributed by atoms with van der Waals surface area (Å²) in [4.78, 5) is 0. The van der Waals surface area contributed by atoms with Gasteiger partial charge < -0.3 is 15.5 Å². The molecule has 0 saturated heterocycles. The third kappa shape index (κ3) is 2.38. The Balaban J connectivity index is 2.22. The minimum absolute atomic E-state index is 0.0415. The van der Waals surface area contributed by atoms with Crippen LogP contribution < -0.4 is 5.32 Å². The van der Waals surface area contributed by atoms with E-state index in [0.717, 1.165) is 25.1 Å². The highest BCUT2D eigenvalue weighted by molar-refractivity contribution is 6.18. The summed E-state index contributed by atoms with van der Waals surface area (Å²) in [5.74, 6) is 0.0415. The largest absolute Gasteiger partial charge is 0.389 e. The molecule has 1 aliphatic heterocycles. The first kappa shape index (κ1) is 11.9. The highest BCUT2D eigenvalue weighted by Gasteiger charge is 2.19. The molecule has 0 bridgehead atoms. The van der Waals surface area contributed by atoms with Crippen LogP contribution in [0.5, 0.6) is 0 Å². The summed E-state index contributed by atoms with van der Waals surface area (Å²) < 4.78 is 0. The predicted molar refractivity (Wildman–Crippen MR) is 63.5 cm³/mol. The Morgan fingerprint density at radius 2 is 2.12 bits per heavy atom. The third-order valence-corrected chi connectivity index (χ3v) is 3.30. The van der Waals surface area contributed by atoms with Gasteiger partial charge in [-0.2, -0.15) is 0 Å². The van der Waals surface area contributed by atoms with Gasteiger partial charge in [0.15, 0.2) is 0 Å². The summed E-state index contributed by atoms with van der Waals surface area (Å²) >= 11 is 5.52. The van der Waals surface area contributed by atoms with Crippen LogP contribution in [0.3, 0.4) is 0 Å². The normalized spacial score (nSPS) is 18.9. The van der Waals surface area contributed by atoms with Gasteiger partial charge in [0.1, 0.15) is 6.10 Å². The highest BCUT2D eigenvalue weighted by atomic mass is 35.5. The molecule has 3 N–H and O–H groups in total. The molecule has 0 radical (unpaired) electrons. The van der Waals surface area contributed by atoms with Gasteiger partial charge in [-0.25, -0.2) is 0 Å². The lowest BCUT2D eigenvalue weighted by atomic mass is 9.95. The van der Waals surface area contributed by atoms with E-state index in [0.29, 0.717) is 0 Å². The fourth-order valence-electron chi connectivity index (χ4n) is 1.99. The molecule has 0 fully saturated rings. The number of alkyl halides is 1. The molecule has 3 nitrogen and oxygen atoms in total. The Kier molecular flexibility index (Phi) is 3.82. The van der Waals surface area contributed by atoms with Crippen molar-refractivity contribution in [3.63, 3.8) is 0 Å². The molecule has 0 amide bonds. The average molecular weight is 242 g/mol. The number of fused-ring (bicyclic) bond motifs is 1. The maximum Gasteiger partial charge on any atom is 0.106 e. The van der Waals surface area contributed by atoms with Crippen LogP contribution in [0.25, 0.3) is 0 Å². The zero-order valence-electron chi connectivity index (χ0n) is 8.99. The van der Waals surface area contributed by atoms with E-state index in [2.05, 4.69) is 5.32 Å².